The third-order valence-corrected chi connectivity index (χ3v) is 5.12. The molecular weight excluding hydrogens is 274 g/mol. The highest BCUT2D eigenvalue weighted by atomic mass is 35.5. The molecule has 1 aromatic heterocycles. The maximum atomic E-state index is 6.45. The minimum atomic E-state index is 0.191. The van der Waals surface area contributed by atoms with E-state index in [0.717, 1.165) is 17.1 Å². The Morgan fingerprint density at radius 3 is 2.53 bits per heavy atom. The highest BCUT2D eigenvalue weighted by Crippen LogP contribution is 2.36. The molecule has 2 rings (SSSR count). The molecule has 102 valence electrons. The molecule has 2 aromatic rings. The zero-order valence-corrected chi connectivity index (χ0v) is 13.5. The van der Waals surface area contributed by atoms with Gasteiger partial charge < -0.3 is 5.32 Å². The summed E-state index contributed by atoms with van der Waals surface area (Å²) in [5, 5.41) is 6.60. The molecule has 0 radical (unpaired) electrons. The quantitative estimate of drug-likeness (QED) is 0.834. The average Bonchev–Trinajstić information content (AvgIpc) is 2.71. The van der Waals surface area contributed by atoms with Gasteiger partial charge in [0.2, 0.25) is 0 Å². The molecule has 19 heavy (non-hydrogen) atoms. The number of thiophene rings is 1. The largest absolute Gasteiger partial charge is 0.306 e. The summed E-state index contributed by atoms with van der Waals surface area (Å²) in [6.45, 7) is 9.41. The van der Waals surface area contributed by atoms with Crippen molar-refractivity contribution in [3.8, 4) is 0 Å². The summed E-state index contributed by atoms with van der Waals surface area (Å²) < 4.78 is 0. The highest BCUT2D eigenvalue weighted by molar-refractivity contribution is 7.10. The van der Waals surface area contributed by atoms with E-state index in [0.29, 0.717) is 0 Å². The molecule has 1 atom stereocenters. The molecule has 1 nitrogen and oxygen atoms in total. The number of rotatable bonds is 4. The van der Waals surface area contributed by atoms with Crippen LogP contribution in [0.5, 0.6) is 0 Å². The third kappa shape index (κ3) is 3.02. The monoisotopic (exact) mass is 293 g/mol. The molecule has 1 N–H and O–H groups in total. The molecule has 0 fully saturated rings. The third-order valence-electron chi connectivity index (χ3n) is 3.34. The predicted molar refractivity (Wildman–Crippen MR) is 85.5 cm³/mol. The lowest BCUT2D eigenvalue weighted by molar-refractivity contribution is 0.636. The fraction of sp³-hybridized carbons (Fsp3) is 0.375. The Labute approximate surface area is 124 Å². The number of hydrogen-bond acceptors (Lipinski definition) is 2. The van der Waals surface area contributed by atoms with Gasteiger partial charge in [0.25, 0.3) is 0 Å². The van der Waals surface area contributed by atoms with Gasteiger partial charge >= 0.3 is 0 Å². The van der Waals surface area contributed by atoms with Crippen LogP contribution >= 0.6 is 22.9 Å². The van der Waals surface area contributed by atoms with Gasteiger partial charge in [-0.05, 0) is 49.4 Å². The second kappa shape index (κ2) is 6.08. The molecular formula is C16H20ClNS. The van der Waals surface area contributed by atoms with Gasteiger partial charge in [-0.2, -0.15) is 0 Å². The van der Waals surface area contributed by atoms with E-state index >= 15 is 0 Å². The van der Waals surface area contributed by atoms with Gasteiger partial charge in [-0.3, -0.25) is 0 Å². The van der Waals surface area contributed by atoms with E-state index < -0.39 is 0 Å². The first-order valence-electron chi connectivity index (χ1n) is 6.58. The summed E-state index contributed by atoms with van der Waals surface area (Å²) in [6, 6.07) is 6.79. The van der Waals surface area contributed by atoms with E-state index in [9.17, 15) is 0 Å². The van der Waals surface area contributed by atoms with Gasteiger partial charge in [-0.15, -0.1) is 11.3 Å². The molecule has 3 heteroatoms. The van der Waals surface area contributed by atoms with Gasteiger partial charge in [0, 0.05) is 4.88 Å². The molecule has 0 aliphatic rings. The standard InChI is InChI=1S/C16H20ClNS/c1-5-18-15(16-14(17)12(4)9-19-16)13-8-10(2)6-7-11(13)3/h6-9,15,18H,5H2,1-4H3. The van der Waals surface area contributed by atoms with Crippen molar-refractivity contribution in [3.63, 3.8) is 0 Å². The maximum Gasteiger partial charge on any atom is 0.0688 e. The molecule has 0 aliphatic carbocycles. The van der Waals surface area contributed by atoms with Crippen LogP contribution in [-0.4, -0.2) is 6.54 Å². The Morgan fingerprint density at radius 1 is 1.21 bits per heavy atom. The molecule has 1 unspecified atom stereocenters. The minimum Gasteiger partial charge on any atom is -0.306 e. The molecule has 0 saturated carbocycles. The fourth-order valence-corrected chi connectivity index (χ4v) is 3.66. The zero-order valence-electron chi connectivity index (χ0n) is 11.9. The second-order valence-corrected chi connectivity index (χ2v) is 6.24. The lowest BCUT2D eigenvalue weighted by Gasteiger charge is -2.20. The second-order valence-electron chi connectivity index (χ2n) is 4.95. The van der Waals surface area contributed by atoms with Crippen LogP contribution in [0.4, 0.5) is 0 Å². The van der Waals surface area contributed by atoms with Crippen molar-refractivity contribution in [2.45, 2.75) is 33.7 Å². The topological polar surface area (TPSA) is 12.0 Å². The van der Waals surface area contributed by atoms with Crippen molar-refractivity contribution in [1.82, 2.24) is 5.32 Å². The SMILES string of the molecule is CCNC(c1cc(C)ccc1C)c1scc(C)c1Cl. The van der Waals surface area contributed by atoms with Crippen LogP contribution in [0.15, 0.2) is 23.6 Å². The summed E-state index contributed by atoms with van der Waals surface area (Å²) >= 11 is 8.19. The summed E-state index contributed by atoms with van der Waals surface area (Å²) in [6.07, 6.45) is 0. The smallest absolute Gasteiger partial charge is 0.0688 e. The van der Waals surface area contributed by atoms with Gasteiger partial charge in [0.1, 0.15) is 0 Å². The lowest BCUT2D eigenvalue weighted by Crippen LogP contribution is -2.22. The van der Waals surface area contributed by atoms with Crippen molar-refractivity contribution in [1.29, 1.82) is 0 Å². The summed E-state index contributed by atoms with van der Waals surface area (Å²) in [4.78, 5) is 1.22. The van der Waals surface area contributed by atoms with Crippen molar-refractivity contribution in [2.75, 3.05) is 6.54 Å². The molecule has 0 spiro atoms. The predicted octanol–water partition coefficient (Wildman–Crippen LogP) is 5.03. The Kier molecular flexibility index (Phi) is 4.67. The van der Waals surface area contributed by atoms with Crippen LogP contribution in [0.25, 0.3) is 0 Å². The van der Waals surface area contributed by atoms with Crippen LogP contribution in [-0.2, 0) is 0 Å². The van der Waals surface area contributed by atoms with Crippen molar-refractivity contribution in [2.24, 2.45) is 0 Å². The van der Waals surface area contributed by atoms with Crippen LogP contribution in [0.2, 0.25) is 5.02 Å². The highest BCUT2D eigenvalue weighted by Gasteiger charge is 2.20. The molecule has 0 bridgehead atoms. The van der Waals surface area contributed by atoms with E-state index in [-0.39, 0.29) is 6.04 Å². The lowest BCUT2D eigenvalue weighted by atomic mass is 9.97. The van der Waals surface area contributed by atoms with E-state index in [1.807, 2.05) is 0 Å². The van der Waals surface area contributed by atoms with Crippen LogP contribution in [0.3, 0.4) is 0 Å². The van der Waals surface area contributed by atoms with E-state index in [1.54, 1.807) is 11.3 Å². The fourth-order valence-electron chi connectivity index (χ4n) is 2.26. The minimum absolute atomic E-state index is 0.191. The van der Waals surface area contributed by atoms with Crippen LogP contribution in [0.1, 0.15) is 40.1 Å². The Bertz CT molecular complexity index is 574. The normalized spacial score (nSPS) is 12.7. The van der Waals surface area contributed by atoms with Crippen molar-refractivity contribution in [3.05, 3.63) is 55.7 Å². The number of aryl methyl sites for hydroxylation is 3. The Hall–Kier alpha value is -0.830. The van der Waals surface area contributed by atoms with Gasteiger partial charge in [-0.25, -0.2) is 0 Å². The van der Waals surface area contributed by atoms with Gasteiger partial charge in [-0.1, -0.05) is 42.3 Å². The maximum absolute atomic E-state index is 6.45. The van der Waals surface area contributed by atoms with Crippen LogP contribution in [0, 0.1) is 20.8 Å². The number of halogens is 1. The first-order valence-corrected chi connectivity index (χ1v) is 7.84. The van der Waals surface area contributed by atoms with Gasteiger partial charge in [0.05, 0.1) is 11.1 Å². The summed E-state index contributed by atoms with van der Waals surface area (Å²) in [7, 11) is 0. The summed E-state index contributed by atoms with van der Waals surface area (Å²) in [5.41, 5.74) is 5.08. The number of nitrogens with one attached hydrogen (secondary N) is 1. The van der Waals surface area contributed by atoms with E-state index in [2.05, 4.69) is 56.6 Å². The van der Waals surface area contributed by atoms with Crippen molar-refractivity contribution < 1.29 is 0 Å². The Morgan fingerprint density at radius 2 is 1.95 bits per heavy atom. The zero-order chi connectivity index (χ0) is 14.0. The molecule has 1 aromatic carbocycles. The number of benzene rings is 1. The summed E-state index contributed by atoms with van der Waals surface area (Å²) in [5.74, 6) is 0. The first kappa shape index (κ1) is 14.6. The van der Waals surface area contributed by atoms with E-state index in [1.165, 1.54) is 21.6 Å². The Balaban J connectivity index is 2.51. The van der Waals surface area contributed by atoms with Gasteiger partial charge in [0.15, 0.2) is 0 Å². The first-order chi connectivity index (χ1) is 9.04. The molecule has 0 amide bonds. The van der Waals surface area contributed by atoms with E-state index in [4.69, 9.17) is 11.6 Å². The molecule has 0 aliphatic heterocycles. The molecule has 0 saturated heterocycles. The van der Waals surface area contributed by atoms with Crippen LogP contribution < -0.4 is 5.32 Å². The average molecular weight is 294 g/mol. The molecule has 1 heterocycles. The number of hydrogen-bond donors (Lipinski definition) is 1. The van der Waals surface area contributed by atoms with Crippen molar-refractivity contribution >= 4 is 22.9 Å².